The lowest BCUT2D eigenvalue weighted by atomic mass is 10.2. The van der Waals surface area contributed by atoms with Crippen LogP contribution < -0.4 is 4.90 Å². The Hall–Kier alpha value is -1.40. The van der Waals surface area contributed by atoms with Gasteiger partial charge in [-0.25, -0.2) is 9.78 Å². The molecule has 0 aliphatic heterocycles. The summed E-state index contributed by atoms with van der Waals surface area (Å²) in [5, 5.41) is 1.03. The zero-order valence-corrected chi connectivity index (χ0v) is 14.3. The molecule has 2 aromatic heterocycles. The number of aryl methyl sites for hydroxylation is 1. The van der Waals surface area contributed by atoms with Gasteiger partial charge in [0.05, 0.1) is 12.0 Å². The number of nitrogens with zero attached hydrogens (tertiary/aromatic N) is 3. The van der Waals surface area contributed by atoms with E-state index in [4.69, 9.17) is 16.3 Å². The van der Waals surface area contributed by atoms with E-state index in [1.54, 1.807) is 0 Å². The Kier molecular flexibility index (Phi) is 4.68. The molecule has 0 atom stereocenters. The first-order valence-electron chi connectivity index (χ1n) is 6.62. The van der Waals surface area contributed by atoms with E-state index in [1.165, 1.54) is 11.3 Å². The van der Waals surface area contributed by atoms with Crippen molar-refractivity contribution in [3.8, 4) is 0 Å². The number of aromatic nitrogens is 2. The summed E-state index contributed by atoms with van der Waals surface area (Å²) in [4.78, 5) is 23.8. The molecule has 0 bridgehead atoms. The summed E-state index contributed by atoms with van der Waals surface area (Å²) in [6.45, 7) is 6.29. The molecule has 0 N–H and O–H groups in total. The minimum absolute atomic E-state index is 0.176. The third-order valence-electron chi connectivity index (χ3n) is 2.90. The second-order valence-corrected chi connectivity index (χ2v) is 6.78. The predicted octanol–water partition coefficient (Wildman–Crippen LogP) is 3.53. The van der Waals surface area contributed by atoms with Crippen molar-refractivity contribution in [2.24, 2.45) is 5.92 Å². The van der Waals surface area contributed by atoms with Gasteiger partial charge in [0.2, 0.25) is 5.28 Å². The Balaban J connectivity index is 2.50. The fraction of sp³-hybridized carbons (Fsp3) is 0.500. The van der Waals surface area contributed by atoms with Gasteiger partial charge in [-0.15, -0.1) is 11.3 Å². The van der Waals surface area contributed by atoms with Crippen LogP contribution in [0.3, 0.4) is 0 Å². The van der Waals surface area contributed by atoms with E-state index < -0.39 is 0 Å². The molecule has 0 spiro atoms. The number of carbonyl (C=O) groups excluding carboxylic acids is 1. The molecule has 2 aromatic rings. The molecule has 0 amide bonds. The van der Waals surface area contributed by atoms with Crippen LogP contribution >= 0.6 is 22.9 Å². The minimum atomic E-state index is -0.315. The second kappa shape index (κ2) is 6.15. The summed E-state index contributed by atoms with van der Waals surface area (Å²) >= 11 is 7.25. The molecule has 0 aliphatic carbocycles. The molecule has 0 radical (unpaired) electrons. The molecule has 0 saturated heterocycles. The molecule has 0 saturated carbocycles. The zero-order chi connectivity index (χ0) is 15.7. The Morgan fingerprint density at radius 2 is 2.05 bits per heavy atom. The largest absolute Gasteiger partial charge is 0.461 e. The maximum absolute atomic E-state index is 12.2. The van der Waals surface area contributed by atoms with Crippen molar-refractivity contribution in [2.45, 2.75) is 20.8 Å². The number of fused-ring (bicyclic) bond motifs is 1. The summed E-state index contributed by atoms with van der Waals surface area (Å²) in [5.41, 5.74) is 0.837. The molecule has 0 unspecified atom stereocenters. The number of hydrogen-bond donors (Lipinski definition) is 0. The van der Waals surface area contributed by atoms with E-state index in [1.807, 2.05) is 39.8 Å². The van der Waals surface area contributed by atoms with Gasteiger partial charge in [-0.05, 0) is 30.0 Å². The molecule has 21 heavy (non-hydrogen) atoms. The van der Waals surface area contributed by atoms with Crippen LogP contribution in [0, 0.1) is 12.8 Å². The van der Waals surface area contributed by atoms with Crippen LogP contribution in [-0.2, 0) is 4.74 Å². The topological polar surface area (TPSA) is 55.3 Å². The molecule has 2 rings (SSSR count). The molecular formula is C14H18ClN3O2S. The summed E-state index contributed by atoms with van der Waals surface area (Å²) in [5.74, 6) is 0.696. The number of esters is 1. The SMILES string of the molecule is Cc1c(C(=O)OCC(C)C)sc2nc(Cl)nc(N(C)C)c12. The van der Waals surface area contributed by atoms with E-state index in [-0.39, 0.29) is 11.3 Å². The second-order valence-electron chi connectivity index (χ2n) is 5.44. The highest BCUT2D eigenvalue weighted by Gasteiger charge is 2.22. The molecule has 0 aromatic carbocycles. The van der Waals surface area contributed by atoms with E-state index in [9.17, 15) is 4.79 Å². The smallest absolute Gasteiger partial charge is 0.348 e. The van der Waals surface area contributed by atoms with Crippen LogP contribution in [0.4, 0.5) is 5.82 Å². The first-order chi connectivity index (χ1) is 9.81. The maximum atomic E-state index is 12.2. The number of carbonyl (C=O) groups is 1. The molecule has 0 aliphatic rings. The highest BCUT2D eigenvalue weighted by Crippen LogP contribution is 2.35. The number of thiophene rings is 1. The van der Waals surface area contributed by atoms with Gasteiger partial charge in [0.25, 0.3) is 0 Å². The van der Waals surface area contributed by atoms with Crippen molar-refractivity contribution in [3.05, 3.63) is 15.7 Å². The molecule has 0 fully saturated rings. The van der Waals surface area contributed by atoms with Crippen molar-refractivity contribution in [1.82, 2.24) is 9.97 Å². The summed E-state index contributed by atoms with van der Waals surface area (Å²) in [6, 6.07) is 0. The monoisotopic (exact) mass is 327 g/mol. The minimum Gasteiger partial charge on any atom is -0.461 e. The van der Waals surface area contributed by atoms with Crippen molar-refractivity contribution in [2.75, 3.05) is 25.6 Å². The Morgan fingerprint density at radius 1 is 1.38 bits per heavy atom. The van der Waals surface area contributed by atoms with Crippen LogP contribution in [0.15, 0.2) is 0 Å². The third-order valence-corrected chi connectivity index (χ3v) is 4.24. The van der Waals surface area contributed by atoms with Crippen molar-refractivity contribution in [1.29, 1.82) is 0 Å². The fourth-order valence-corrected chi connectivity index (χ4v) is 3.20. The van der Waals surface area contributed by atoms with Gasteiger partial charge in [0.15, 0.2) is 0 Å². The van der Waals surface area contributed by atoms with Gasteiger partial charge in [0, 0.05) is 14.1 Å². The number of hydrogen-bond acceptors (Lipinski definition) is 6. The van der Waals surface area contributed by atoms with Gasteiger partial charge in [-0.1, -0.05) is 13.8 Å². The van der Waals surface area contributed by atoms with Crippen LogP contribution in [0.2, 0.25) is 5.28 Å². The summed E-state index contributed by atoms with van der Waals surface area (Å²) in [7, 11) is 3.76. The third kappa shape index (κ3) is 3.27. The number of anilines is 1. The summed E-state index contributed by atoms with van der Waals surface area (Å²) < 4.78 is 5.31. The molecular weight excluding hydrogens is 310 g/mol. The van der Waals surface area contributed by atoms with Crippen molar-refractivity contribution < 1.29 is 9.53 Å². The first-order valence-corrected chi connectivity index (χ1v) is 7.81. The van der Waals surface area contributed by atoms with Crippen molar-refractivity contribution >= 4 is 44.9 Å². The molecule has 7 heteroatoms. The average molecular weight is 328 g/mol. The van der Waals surface area contributed by atoms with Gasteiger partial charge in [-0.2, -0.15) is 4.98 Å². The van der Waals surface area contributed by atoms with Gasteiger partial charge < -0.3 is 9.64 Å². The van der Waals surface area contributed by atoms with E-state index in [0.29, 0.717) is 28.1 Å². The van der Waals surface area contributed by atoms with E-state index in [2.05, 4.69) is 9.97 Å². The van der Waals surface area contributed by atoms with Crippen LogP contribution in [0.25, 0.3) is 10.2 Å². The van der Waals surface area contributed by atoms with Crippen molar-refractivity contribution in [3.63, 3.8) is 0 Å². The lowest BCUT2D eigenvalue weighted by Gasteiger charge is -2.13. The molecule has 2 heterocycles. The number of rotatable bonds is 4. The highest BCUT2D eigenvalue weighted by atomic mass is 35.5. The average Bonchev–Trinajstić information content (AvgIpc) is 2.72. The Bertz CT molecular complexity index is 682. The molecule has 114 valence electrons. The normalized spacial score (nSPS) is 11.2. The summed E-state index contributed by atoms with van der Waals surface area (Å²) in [6.07, 6.45) is 0. The van der Waals surface area contributed by atoms with E-state index in [0.717, 1.165) is 10.9 Å². The van der Waals surface area contributed by atoms with Crippen LogP contribution in [-0.4, -0.2) is 36.6 Å². The Labute approximate surface area is 132 Å². The standard InChI is InChI=1S/C14H18ClN3O2S/c1-7(2)6-20-13(19)10-8(3)9-11(18(4)5)16-14(15)17-12(9)21-10/h7H,6H2,1-5H3. The van der Waals surface area contributed by atoms with Gasteiger partial charge >= 0.3 is 5.97 Å². The maximum Gasteiger partial charge on any atom is 0.348 e. The lowest BCUT2D eigenvalue weighted by Crippen LogP contribution is -2.12. The zero-order valence-electron chi connectivity index (χ0n) is 12.7. The predicted molar refractivity (Wildman–Crippen MR) is 86.6 cm³/mol. The fourth-order valence-electron chi connectivity index (χ4n) is 1.92. The van der Waals surface area contributed by atoms with Gasteiger partial charge in [-0.3, -0.25) is 0 Å². The molecule has 5 nitrogen and oxygen atoms in total. The Morgan fingerprint density at radius 3 is 2.62 bits per heavy atom. The van der Waals surface area contributed by atoms with Gasteiger partial charge in [0.1, 0.15) is 15.5 Å². The van der Waals surface area contributed by atoms with Crippen LogP contribution in [0.1, 0.15) is 29.1 Å². The number of halogens is 1. The van der Waals surface area contributed by atoms with E-state index >= 15 is 0 Å². The quantitative estimate of drug-likeness (QED) is 0.635. The highest BCUT2D eigenvalue weighted by molar-refractivity contribution is 7.20. The lowest BCUT2D eigenvalue weighted by molar-refractivity contribution is 0.0464. The number of ether oxygens (including phenoxy) is 1. The van der Waals surface area contributed by atoms with Crippen LogP contribution in [0.5, 0.6) is 0 Å². The first kappa shape index (κ1) is 16.0.